The first kappa shape index (κ1) is 14.5. The Labute approximate surface area is 116 Å². The highest BCUT2D eigenvalue weighted by molar-refractivity contribution is 5.26. The van der Waals surface area contributed by atoms with E-state index in [1.165, 1.54) is 24.0 Å². The van der Waals surface area contributed by atoms with Crippen LogP contribution in [0.15, 0.2) is 24.3 Å². The smallest absolute Gasteiger partial charge is 0.0719 e. The molecule has 0 aromatic heterocycles. The van der Waals surface area contributed by atoms with Crippen LogP contribution in [0, 0.1) is 0 Å². The standard InChI is InChI=1S/C16H26N2O/c1-2-19-12-14-6-4-3-5-13(14)11-18-16-9-7-15(17)8-10-16/h3-6,15-16,18H,2,7-12,17H2,1H3. The van der Waals surface area contributed by atoms with Crippen molar-refractivity contribution in [2.45, 2.75) is 57.8 Å². The first-order valence-corrected chi connectivity index (χ1v) is 7.43. The summed E-state index contributed by atoms with van der Waals surface area (Å²) in [7, 11) is 0. The van der Waals surface area contributed by atoms with Gasteiger partial charge in [-0.15, -0.1) is 0 Å². The van der Waals surface area contributed by atoms with Gasteiger partial charge in [0, 0.05) is 25.2 Å². The molecule has 2 rings (SSSR count). The lowest BCUT2D eigenvalue weighted by Crippen LogP contribution is -2.37. The van der Waals surface area contributed by atoms with E-state index in [9.17, 15) is 0 Å². The molecular formula is C16H26N2O. The Morgan fingerprint density at radius 2 is 1.84 bits per heavy atom. The van der Waals surface area contributed by atoms with Crippen LogP contribution in [-0.2, 0) is 17.9 Å². The number of hydrogen-bond donors (Lipinski definition) is 2. The Kier molecular flexibility index (Phi) is 5.83. The zero-order chi connectivity index (χ0) is 13.5. The van der Waals surface area contributed by atoms with Crippen molar-refractivity contribution >= 4 is 0 Å². The molecule has 0 amide bonds. The van der Waals surface area contributed by atoms with Crippen molar-refractivity contribution in [3.05, 3.63) is 35.4 Å². The van der Waals surface area contributed by atoms with Crippen LogP contribution in [0.2, 0.25) is 0 Å². The maximum atomic E-state index is 5.94. The van der Waals surface area contributed by atoms with Crippen LogP contribution in [0.5, 0.6) is 0 Å². The number of nitrogens with one attached hydrogen (secondary N) is 1. The van der Waals surface area contributed by atoms with Gasteiger partial charge >= 0.3 is 0 Å². The molecule has 0 heterocycles. The van der Waals surface area contributed by atoms with Gasteiger partial charge in [-0.05, 0) is 43.7 Å². The molecule has 0 aliphatic heterocycles. The number of nitrogens with two attached hydrogens (primary N) is 1. The van der Waals surface area contributed by atoms with Crippen LogP contribution in [0.4, 0.5) is 0 Å². The highest BCUT2D eigenvalue weighted by Crippen LogP contribution is 2.18. The van der Waals surface area contributed by atoms with Crippen LogP contribution < -0.4 is 11.1 Å². The van der Waals surface area contributed by atoms with E-state index in [-0.39, 0.29) is 0 Å². The highest BCUT2D eigenvalue weighted by atomic mass is 16.5. The summed E-state index contributed by atoms with van der Waals surface area (Å²) in [6, 6.07) is 9.57. The Hall–Kier alpha value is -0.900. The molecule has 1 fully saturated rings. The quantitative estimate of drug-likeness (QED) is 0.828. The van der Waals surface area contributed by atoms with Gasteiger partial charge in [0.05, 0.1) is 6.61 Å². The predicted octanol–water partition coefficient (Wildman–Crippen LogP) is 2.58. The minimum Gasteiger partial charge on any atom is -0.377 e. The Morgan fingerprint density at radius 1 is 1.16 bits per heavy atom. The van der Waals surface area contributed by atoms with Crippen molar-refractivity contribution in [2.24, 2.45) is 5.73 Å². The third-order valence-corrected chi connectivity index (χ3v) is 3.93. The third kappa shape index (κ3) is 4.60. The highest BCUT2D eigenvalue weighted by Gasteiger charge is 2.17. The normalized spacial score (nSPS) is 23.5. The van der Waals surface area contributed by atoms with Gasteiger partial charge in [0.2, 0.25) is 0 Å². The summed E-state index contributed by atoms with van der Waals surface area (Å²) >= 11 is 0. The Bertz CT molecular complexity index is 373. The van der Waals surface area contributed by atoms with E-state index in [0.29, 0.717) is 18.7 Å². The summed E-state index contributed by atoms with van der Waals surface area (Å²) in [5.41, 5.74) is 8.59. The number of ether oxygens (including phenoxy) is 1. The van der Waals surface area contributed by atoms with Gasteiger partial charge in [0.25, 0.3) is 0 Å². The van der Waals surface area contributed by atoms with E-state index >= 15 is 0 Å². The van der Waals surface area contributed by atoms with Gasteiger partial charge in [-0.3, -0.25) is 0 Å². The number of benzene rings is 1. The summed E-state index contributed by atoms with van der Waals surface area (Å²) in [6.45, 7) is 4.45. The number of rotatable bonds is 6. The SMILES string of the molecule is CCOCc1ccccc1CNC1CCC(N)CC1. The van der Waals surface area contributed by atoms with Crippen molar-refractivity contribution in [3.63, 3.8) is 0 Å². The molecule has 1 aliphatic carbocycles. The molecule has 0 radical (unpaired) electrons. The van der Waals surface area contributed by atoms with E-state index in [1.54, 1.807) is 0 Å². The maximum Gasteiger partial charge on any atom is 0.0719 e. The van der Waals surface area contributed by atoms with Crippen molar-refractivity contribution in [3.8, 4) is 0 Å². The first-order valence-electron chi connectivity index (χ1n) is 7.43. The van der Waals surface area contributed by atoms with Gasteiger partial charge < -0.3 is 15.8 Å². The fraction of sp³-hybridized carbons (Fsp3) is 0.625. The molecule has 1 aromatic rings. The maximum absolute atomic E-state index is 5.94. The fourth-order valence-electron chi connectivity index (χ4n) is 2.66. The van der Waals surface area contributed by atoms with Gasteiger partial charge in [-0.2, -0.15) is 0 Å². The van der Waals surface area contributed by atoms with E-state index in [1.807, 2.05) is 6.92 Å². The largest absolute Gasteiger partial charge is 0.377 e. The molecule has 0 unspecified atom stereocenters. The Balaban J connectivity index is 1.84. The molecule has 1 saturated carbocycles. The van der Waals surface area contributed by atoms with Gasteiger partial charge in [-0.1, -0.05) is 24.3 Å². The van der Waals surface area contributed by atoms with Crippen molar-refractivity contribution in [2.75, 3.05) is 6.61 Å². The molecule has 0 atom stereocenters. The lowest BCUT2D eigenvalue weighted by molar-refractivity contribution is 0.133. The molecule has 3 N–H and O–H groups in total. The average Bonchev–Trinajstić information content (AvgIpc) is 2.45. The summed E-state index contributed by atoms with van der Waals surface area (Å²) in [5, 5.41) is 3.66. The second kappa shape index (κ2) is 7.63. The van der Waals surface area contributed by atoms with E-state index in [0.717, 1.165) is 26.0 Å². The minimum atomic E-state index is 0.420. The molecular weight excluding hydrogens is 236 g/mol. The van der Waals surface area contributed by atoms with Crippen molar-refractivity contribution < 1.29 is 4.74 Å². The minimum absolute atomic E-state index is 0.420. The lowest BCUT2D eigenvalue weighted by Gasteiger charge is -2.27. The number of hydrogen-bond acceptors (Lipinski definition) is 3. The predicted molar refractivity (Wildman–Crippen MR) is 78.8 cm³/mol. The van der Waals surface area contributed by atoms with Gasteiger partial charge in [0.15, 0.2) is 0 Å². The van der Waals surface area contributed by atoms with Crippen LogP contribution in [0.3, 0.4) is 0 Å². The molecule has 3 heteroatoms. The summed E-state index contributed by atoms with van der Waals surface area (Å²) in [4.78, 5) is 0. The molecule has 3 nitrogen and oxygen atoms in total. The summed E-state index contributed by atoms with van der Waals surface area (Å²) < 4.78 is 5.52. The van der Waals surface area contributed by atoms with Crippen LogP contribution in [0.1, 0.15) is 43.7 Å². The molecule has 106 valence electrons. The monoisotopic (exact) mass is 262 g/mol. The first-order chi connectivity index (χ1) is 9.29. The summed E-state index contributed by atoms with van der Waals surface area (Å²) in [5.74, 6) is 0. The molecule has 0 spiro atoms. The summed E-state index contributed by atoms with van der Waals surface area (Å²) in [6.07, 6.45) is 4.71. The van der Waals surface area contributed by atoms with Crippen LogP contribution >= 0.6 is 0 Å². The van der Waals surface area contributed by atoms with Crippen molar-refractivity contribution in [1.82, 2.24) is 5.32 Å². The Morgan fingerprint density at radius 3 is 2.53 bits per heavy atom. The van der Waals surface area contributed by atoms with E-state index in [4.69, 9.17) is 10.5 Å². The topological polar surface area (TPSA) is 47.3 Å². The van der Waals surface area contributed by atoms with E-state index < -0.39 is 0 Å². The molecule has 0 saturated heterocycles. The second-order valence-electron chi connectivity index (χ2n) is 5.40. The van der Waals surface area contributed by atoms with Crippen LogP contribution in [-0.4, -0.2) is 18.7 Å². The zero-order valence-electron chi connectivity index (χ0n) is 11.9. The third-order valence-electron chi connectivity index (χ3n) is 3.93. The molecule has 0 bridgehead atoms. The fourth-order valence-corrected chi connectivity index (χ4v) is 2.66. The molecule has 1 aliphatic rings. The zero-order valence-corrected chi connectivity index (χ0v) is 11.9. The van der Waals surface area contributed by atoms with E-state index in [2.05, 4.69) is 29.6 Å². The van der Waals surface area contributed by atoms with Gasteiger partial charge in [0.1, 0.15) is 0 Å². The van der Waals surface area contributed by atoms with Gasteiger partial charge in [-0.25, -0.2) is 0 Å². The lowest BCUT2D eigenvalue weighted by atomic mass is 9.91. The van der Waals surface area contributed by atoms with Crippen LogP contribution in [0.25, 0.3) is 0 Å². The second-order valence-corrected chi connectivity index (χ2v) is 5.40. The molecule has 19 heavy (non-hydrogen) atoms. The van der Waals surface area contributed by atoms with Crippen molar-refractivity contribution in [1.29, 1.82) is 0 Å². The average molecular weight is 262 g/mol. The molecule has 1 aromatic carbocycles.